The summed E-state index contributed by atoms with van der Waals surface area (Å²) in [4.78, 5) is 11.9. The Balaban J connectivity index is 1.47. The molecule has 21 heavy (non-hydrogen) atoms. The maximum Gasteiger partial charge on any atom is 0.407 e. The first-order valence-corrected chi connectivity index (χ1v) is 7.87. The van der Waals surface area contributed by atoms with Gasteiger partial charge in [-0.05, 0) is 49.5 Å². The third kappa shape index (κ3) is 3.56. The molecule has 0 aliphatic heterocycles. The fourth-order valence-corrected chi connectivity index (χ4v) is 3.70. The number of amides is 1. The number of ether oxygens (including phenoxy) is 1. The first-order valence-electron chi connectivity index (χ1n) is 7.87. The Morgan fingerprint density at radius 2 is 1.90 bits per heavy atom. The second kappa shape index (κ2) is 6.48. The van der Waals surface area contributed by atoms with Crippen LogP contribution >= 0.6 is 0 Å². The Hall–Kier alpha value is -1.55. The number of fused-ring (bicyclic) bond motifs is 2. The summed E-state index contributed by atoms with van der Waals surface area (Å²) < 4.78 is 5.29. The van der Waals surface area contributed by atoms with Gasteiger partial charge >= 0.3 is 6.09 Å². The van der Waals surface area contributed by atoms with E-state index in [0.29, 0.717) is 18.4 Å². The lowest BCUT2D eigenvalue weighted by Gasteiger charge is -2.42. The average Bonchev–Trinajstić information content (AvgIpc) is 2.52. The van der Waals surface area contributed by atoms with E-state index in [0.717, 1.165) is 37.7 Å². The first kappa shape index (κ1) is 14.4. The zero-order valence-corrected chi connectivity index (χ0v) is 12.2. The molecule has 0 radical (unpaired) electrons. The monoisotopic (exact) mass is 289 g/mol. The molecule has 0 saturated heterocycles. The van der Waals surface area contributed by atoms with Gasteiger partial charge in [-0.1, -0.05) is 30.3 Å². The number of benzene rings is 1. The Labute approximate surface area is 125 Å². The summed E-state index contributed by atoms with van der Waals surface area (Å²) >= 11 is 0. The van der Waals surface area contributed by atoms with Gasteiger partial charge in [0.15, 0.2) is 0 Å². The molecule has 2 bridgehead atoms. The van der Waals surface area contributed by atoms with Crippen LogP contribution in [0.1, 0.15) is 37.7 Å². The summed E-state index contributed by atoms with van der Waals surface area (Å²) in [6.07, 6.45) is 4.40. The summed E-state index contributed by atoms with van der Waals surface area (Å²) in [6, 6.07) is 9.91. The molecule has 2 aliphatic rings. The molecule has 0 aromatic heterocycles. The van der Waals surface area contributed by atoms with Crippen molar-refractivity contribution >= 4 is 6.09 Å². The number of carbonyl (C=O) groups is 1. The number of nitrogens with one attached hydrogen (secondary N) is 1. The fourth-order valence-electron chi connectivity index (χ4n) is 3.70. The zero-order chi connectivity index (χ0) is 14.7. The number of aliphatic hydroxyl groups is 1. The van der Waals surface area contributed by atoms with E-state index in [1.165, 1.54) is 0 Å². The molecule has 2 saturated carbocycles. The van der Waals surface area contributed by atoms with E-state index < -0.39 is 0 Å². The van der Waals surface area contributed by atoms with Gasteiger partial charge in [0, 0.05) is 6.04 Å². The van der Waals surface area contributed by atoms with E-state index in [9.17, 15) is 9.90 Å². The van der Waals surface area contributed by atoms with Gasteiger partial charge in [0.25, 0.3) is 0 Å². The minimum absolute atomic E-state index is 0.132. The van der Waals surface area contributed by atoms with Crippen LogP contribution in [0, 0.1) is 11.8 Å². The summed E-state index contributed by atoms with van der Waals surface area (Å²) in [6.45, 7) is 0.311. The molecule has 114 valence electrons. The predicted molar refractivity (Wildman–Crippen MR) is 79.6 cm³/mol. The van der Waals surface area contributed by atoms with E-state index in [1.54, 1.807) is 0 Å². The van der Waals surface area contributed by atoms with E-state index in [1.807, 2.05) is 30.3 Å². The van der Waals surface area contributed by atoms with E-state index in [4.69, 9.17) is 4.74 Å². The topological polar surface area (TPSA) is 58.6 Å². The van der Waals surface area contributed by atoms with Crippen LogP contribution in [0.2, 0.25) is 0 Å². The average molecular weight is 289 g/mol. The molecule has 4 heteroatoms. The lowest BCUT2D eigenvalue weighted by Crippen LogP contribution is -2.48. The molecule has 2 N–H and O–H groups in total. The highest BCUT2D eigenvalue weighted by Crippen LogP contribution is 2.40. The van der Waals surface area contributed by atoms with Crippen LogP contribution in [-0.4, -0.2) is 23.3 Å². The molecule has 1 aromatic rings. The number of alkyl carbamates (subject to hydrolysis) is 1. The fraction of sp³-hybridized carbons (Fsp3) is 0.588. The van der Waals surface area contributed by atoms with Gasteiger partial charge in [-0.25, -0.2) is 4.79 Å². The highest BCUT2D eigenvalue weighted by molar-refractivity contribution is 5.67. The van der Waals surface area contributed by atoms with Crippen molar-refractivity contribution in [3.05, 3.63) is 35.9 Å². The van der Waals surface area contributed by atoms with Crippen molar-refractivity contribution in [2.45, 2.75) is 50.9 Å². The molecule has 3 rings (SSSR count). The van der Waals surface area contributed by atoms with Crippen LogP contribution in [0.5, 0.6) is 0 Å². The molecule has 0 heterocycles. The van der Waals surface area contributed by atoms with Crippen molar-refractivity contribution in [3.8, 4) is 0 Å². The Bertz CT molecular complexity index is 476. The third-order valence-corrected chi connectivity index (χ3v) is 4.92. The SMILES string of the molecule is O=C(NC1CC[C@@H]2C[C@H]1CCC2O)OCc1ccccc1. The summed E-state index contributed by atoms with van der Waals surface area (Å²) in [5.41, 5.74) is 0.997. The van der Waals surface area contributed by atoms with Crippen molar-refractivity contribution < 1.29 is 14.6 Å². The van der Waals surface area contributed by atoms with Crippen LogP contribution < -0.4 is 5.32 Å². The quantitative estimate of drug-likeness (QED) is 0.899. The van der Waals surface area contributed by atoms with Gasteiger partial charge in [0.05, 0.1) is 6.10 Å². The molecule has 4 atom stereocenters. The molecule has 1 aromatic carbocycles. The summed E-state index contributed by atoms with van der Waals surface area (Å²) in [5, 5.41) is 12.9. The number of aliphatic hydroxyl groups excluding tert-OH is 1. The normalized spacial score (nSPS) is 31.5. The highest BCUT2D eigenvalue weighted by atomic mass is 16.5. The van der Waals surface area contributed by atoms with Crippen molar-refractivity contribution in [2.75, 3.05) is 0 Å². The number of hydrogen-bond acceptors (Lipinski definition) is 3. The smallest absolute Gasteiger partial charge is 0.407 e. The largest absolute Gasteiger partial charge is 0.445 e. The minimum atomic E-state index is -0.326. The molecule has 2 aliphatic carbocycles. The molecular weight excluding hydrogens is 266 g/mol. The van der Waals surface area contributed by atoms with Crippen LogP contribution in [0.4, 0.5) is 4.79 Å². The standard InChI is InChI=1S/C17H23NO3/c19-16-9-7-13-10-14(16)6-8-15(13)18-17(20)21-11-12-4-2-1-3-5-12/h1-5,13-16,19H,6-11H2,(H,18,20)/t13-,14-,15?,16?/m1/s1. The number of hydrogen-bond donors (Lipinski definition) is 2. The first-order chi connectivity index (χ1) is 10.2. The zero-order valence-electron chi connectivity index (χ0n) is 12.2. The highest BCUT2D eigenvalue weighted by Gasteiger charge is 2.38. The third-order valence-electron chi connectivity index (χ3n) is 4.92. The summed E-state index contributed by atoms with van der Waals surface area (Å²) in [7, 11) is 0. The summed E-state index contributed by atoms with van der Waals surface area (Å²) in [5.74, 6) is 0.929. The van der Waals surface area contributed by atoms with E-state index >= 15 is 0 Å². The van der Waals surface area contributed by atoms with Crippen molar-refractivity contribution in [2.24, 2.45) is 11.8 Å². The lowest BCUT2D eigenvalue weighted by molar-refractivity contribution is 0.00866. The molecule has 0 spiro atoms. The maximum absolute atomic E-state index is 11.9. The van der Waals surface area contributed by atoms with Crippen LogP contribution in [0.25, 0.3) is 0 Å². The van der Waals surface area contributed by atoms with Gasteiger partial charge in [-0.3, -0.25) is 0 Å². The molecule has 2 unspecified atom stereocenters. The van der Waals surface area contributed by atoms with Gasteiger partial charge in [0.2, 0.25) is 0 Å². The van der Waals surface area contributed by atoms with Crippen molar-refractivity contribution in [1.29, 1.82) is 0 Å². The Kier molecular flexibility index (Phi) is 4.44. The Morgan fingerprint density at radius 3 is 2.71 bits per heavy atom. The van der Waals surface area contributed by atoms with E-state index in [2.05, 4.69) is 5.32 Å². The second-order valence-corrected chi connectivity index (χ2v) is 6.29. The van der Waals surface area contributed by atoms with E-state index in [-0.39, 0.29) is 18.2 Å². The van der Waals surface area contributed by atoms with Gasteiger partial charge in [-0.15, -0.1) is 0 Å². The molecular formula is C17H23NO3. The van der Waals surface area contributed by atoms with Gasteiger partial charge < -0.3 is 15.2 Å². The predicted octanol–water partition coefficient (Wildman–Crippen LogP) is 2.85. The van der Waals surface area contributed by atoms with Crippen molar-refractivity contribution in [1.82, 2.24) is 5.32 Å². The maximum atomic E-state index is 11.9. The van der Waals surface area contributed by atoms with Crippen LogP contribution in [0.15, 0.2) is 30.3 Å². The van der Waals surface area contributed by atoms with Crippen molar-refractivity contribution in [3.63, 3.8) is 0 Å². The molecule has 1 amide bonds. The number of rotatable bonds is 3. The van der Waals surface area contributed by atoms with Crippen LogP contribution in [0.3, 0.4) is 0 Å². The lowest BCUT2D eigenvalue weighted by atomic mass is 9.68. The Morgan fingerprint density at radius 1 is 1.14 bits per heavy atom. The molecule has 2 fully saturated rings. The second-order valence-electron chi connectivity index (χ2n) is 6.29. The van der Waals surface area contributed by atoms with Crippen LogP contribution in [-0.2, 0) is 11.3 Å². The van der Waals surface area contributed by atoms with Gasteiger partial charge in [-0.2, -0.15) is 0 Å². The molecule has 4 nitrogen and oxygen atoms in total. The minimum Gasteiger partial charge on any atom is -0.445 e. The number of carbonyl (C=O) groups excluding carboxylic acids is 1. The van der Waals surface area contributed by atoms with Gasteiger partial charge in [0.1, 0.15) is 6.61 Å².